The molecule has 4 heteroatoms. The normalized spacial score (nSPS) is 9.43. The molecule has 1 nitrogen and oxygen atoms in total. The molecule has 0 aliphatic heterocycles. The summed E-state index contributed by atoms with van der Waals surface area (Å²) < 4.78 is 4.62. The van der Waals surface area contributed by atoms with Gasteiger partial charge >= 0.3 is 0 Å². The molecule has 0 fully saturated rings. The van der Waals surface area contributed by atoms with Crippen LogP contribution in [0, 0.1) is 0 Å². The molecule has 5 radical (unpaired) electrons. The molecule has 0 unspecified atom stereocenters. The zero-order chi connectivity index (χ0) is 5.54. The lowest BCUT2D eigenvalue weighted by molar-refractivity contribution is 0.657. The Labute approximate surface area is 54.9 Å². The zero-order valence-electron chi connectivity index (χ0n) is 3.91. The van der Waals surface area contributed by atoms with Gasteiger partial charge in [-0.3, -0.25) is 0 Å². The fourth-order valence-electron chi connectivity index (χ4n) is 0.190. The van der Waals surface area contributed by atoms with Gasteiger partial charge in [0.05, 0.1) is 0 Å². The van der Waals surface area contributed by atoms with Gasteiger partial charge in [-0.05, 0) is 12.5 Å². The Morgan fingerprint density at radius 3 is 2.86 bits per heavy atom. The van der Waals surface area contributed by atoms with Gasteiger partial charge in [-0.2, -0.15) is 0 Å². The first kappa shape index (κ1) is 7.68. The van der Waals surface area contributed by atoms with Gasteiger partial charge < -0.3 is 4.12 Å². The summed E-state index contributed by atoms with van der Waals surface area (Å²) in [6.07, 6.45) is 1.05. The number of rotatable bonds is 4. The van der Waals surface area contributed by atoms with Crippen molar-refractivity contribution in [2.75, 3.05) is 5.88 Å². The van der Waals surface area contributed by atoms with E-state index in [2.05, 4.69) is 14.6 Å². The molecule has 0 aromatic heterocycles. The van der Waals surface area contributed by atoms with Gasteiger partial charge in [0.15, 0.2) is 0 Å². The van der Waals surface area contributed by atoms with E-state index in [0.29, 0.717) is 9.76 Å². The quantitative estimate of drug-likeness (QED) is 0.326. The van der Waals surface area contributed by atoms with E-state index in [-0.39, 0.29) is 0 Å². The molecule has 0 saturated carbocycles. The second-order valence-electron chi connectivity index (χ2n) is 1.04. The molecule has 7 heavy (non-hydrogen) atoms. The van der Waals surface area contributed by atoms with Crippen LogP contribution < -0.4 is 0 Å². The SMILES string of the molecule is [Si]O[Si]CCCCl. The van der Waals surface area contributed by atoms with Crippen molar-refractivity contribution >= 4 is 31.9 Å². The van der Waals surface area contributed by atoms with Crippen LogP contribution in [0.2, 0.25) is 6.04 Å². The van der Waals surface area contributed by atoms with Gasteiger partial charge in [0.2, 0.25) is 20.2 Å². The monoisotopic (exact) mass is 149 g/mol. The molecule has 0 spiro atoms. The Kier molecular flexibility index (Phi) is 7.34. The van der Waals surface area contributed by atoms with Crippen LogP contribution in [0.15, 0.2) is 0 Å². The standard InChI is InChI=1S/C3H6ClOSi2/c4-2-1-3-7-5-6/h1-3H2. The van der Waals surface area contributed by atoms with Crippen LogP contribution in [0.4, 0.5) is 0 Å². The lowest BCUT2D eigenvalue weighted by Crippen LogP contribution is -1.93. The van der Waals surface area contributed by atoms with Crippen LogP contribution in [-0.2, 0) is 4.12 Å². The molecule has 0 amide bonds. The van der Waals surface area contributed by atoms with Crippen LogP contribution in [0.3, 0.4) is 0 Å². The van der Waals surface area contributed by atoms with Crippen molar-refractivity contribution in [1.29, 1.82) is 0 Å². The summed E-state index contributed by atoms with van der Waals surface area (Å²) in [5.41, 5.74) is 0. The van der Waals surface area contributed by atoms with E-state index in [9.17, 15) is 0 Å². The van der Waals surface area contributed by atoms with Crippen LogP contribution in [0.1, 0.15) is 6.42 Å². The first-order chi connectivity index (χ1) is 3.41. The minimum atomic E-state index is 0.551. The van der Waals surface area contributed by atoms with Gasteiger partial charge in [-0.25, -0.2) is 0 Å². The Balaban J connectivity index is 2.45. The number of hydrogen-bond acceptors (Lipinski definition) is 1. The Bertz CT molecular complexity index is 32.1. The maximum Gasteiger partial charge on any atom is 0.229 e. The first-order valence-corrected chi connectivity index (χ1v) is 4.09. The molecule has 0 N–H and O–H groups in total. The zero-order valence-corrected chi connectivity index (χ0v) is 6.66. The average molecular weight is 150 g/mol. The van der Waals surface area contributed by atoms with Gasteiger partial charge in [0.1, 0.15) is 0 Å². The van der Waals surface area contributed by atoms with E-state index in [4.69, 9.17) is 11.6 Å². The Hall–Kier alpha value is 0.684. The molecule has 0 rings (SSSR count). The van der Waals surface area contributed by atoms with Crippen molar-refractivity contribution in [3.63, 3.8) is 0 Å². The van der Waals surface area contributed by atoms with Crippen LogP contribution in [0.25, 0.3) is 0 Å². The van der Waals surface area contributed by atoms with E-state index in [1.54, 1.807) is 0 Å². The number of alkyl halides is 1. The third-order valence-electron chi connectivity index (χ3n) is 0.485. The summed E-state index contributed by atoms with van der Waals surface area (Å²) in [4.78, 5) is 0. The van der Waals surface area contributed by atoms with E-state index in [1.165, 1.54) is 0 Å². The van der Waals surface area contributed by atoms with Crippen molar-refractivity contribution in [3.8, 4) is 0 Å². The summed E-state index contributed by atoms with van der Waals surface area (Å²) in [7, 11) is 3.44. The molecule has 0 aromatic carbocycles. The Morgan fingerprint density at radius 1 is 1.71 bits per heavy atom. The average Bonchev–Trinajstić information content (AvgIpc) is 1.69. The minimum absolute atomic E-state index is 0.551. The fraction of sp³-hybridized carbons (Fsp3) is 1.00. The summed E-state index contributed by atoms with van der Waals surface area (Å²) in [5.74, 6) is 0.739. The molecule has 0 saturated heterocycles. The third kappa shape index (κ3) is 6.68. The maximum absolute atomic E-state index is 5.37. The van der Waals surface area contributed by atoms with Gasteiger partial charge in [-0.1, -0.05) is 0 Å². The summed E-state index contributed by atoms with van der Waals surface area (Å²) >= 11 is 5.37. The molecule has 0 aliphatic rings. The molecule has 39 valence electrons. The van der Waals surface area contributed by atoms with Crippen molar-refractivity contribution in [1.82, 2.24) is 0 Å². The lowest BCUT2D eigenvalue weighted by atomic mass is 10.6. The lowest BCUT2D eigenvalue weighted by Gasteiger charge is -1.89. The summed E-state index contributed by atoms with van der Waals surface area (Å²) in [6, 6.07) is 1.06. The van der Waals surface area contributed by atoms with Crippen LogP contribution in [0.5, 0.6) is 0 Å². The highest BCUT2D eigenvalue weighted by molar-refractivity contribution is 6.34. The van der Waals surface area contributed by atoms with Gasteiger partial charge in [0, 0.05) is 5.88 Å². The smallest absolute Gasteiger partial charge is 0.229 e. The van der Waals surface area contributed by atoms with E-state index >= 15 is 0 Å². The molecule has 0 atom stereocenters. The largest absolute Gasteiger partial charge is 0.458 e. The topological polar surface area (TPSA) is 9.23 Å². The second-order valence-corrected chi connectivity index (χ2v) is 3.02. The summed E-state index contributed by atoms with van der Waals surface area (Å²) in [6.45, 7) is 0. The first-order valence-electron chi connectivity index (χ1n) is 2.03. The predicted molar refractivity (Wildman–Crippen MR) is 32.7 cm³/mol. The number of hydrogen-bond donors (Lipinski definition) is 0. The summed E-state index contributed by atoms with van der Waals surface area (Å²) in [5, 5.41) is 0. The number of halogens is 1. The van der Waals surface area contributed by atoms with E-state index in [1.807, 2.05) is 0 Å². The molecular formula is C3H6ClOSi2. The third-order valence-corrected chi connectivity index (χ3v) is 1.89. The highest BCUT2D eigenvalue weighted by Crippen LogP contribution is 1.89. The van der Waals surface area contributed by atoms with Gasteiger partial charge in [-0.15, -0.1) is 11.6 Å². The minimum Gasteiger partial charge on any atom is -0.458 e. The van der Waals surface area contributed by atoms with Crippen LogP contribution >= 0.6 is 11.6 Å². The molecule has 0 aliphatic carbocycles. The highest BCUT2D eigenvalue weighted by Gasteiger charge is 1.84. The maximum atomic E-state index is 5.37. The van der Waals surface area contributed by atoms with E-state index in [0.717, 1.165) is 18.3 Å². The fourth-order valence-corrected chi connectivity index (χ4v) is 1.28. The van der Waals surface area contributed by atoms with Gasteiger partial charge in [0.25, 0.3) is 0 Å². The van der Waals surface area contributed by atoms with Crippen molar-refractivity contribution < 1.29 is 4.12 Å². The molecular weight excluding hydrogens is 144 g/mol. The Morgan fingerprint density at radius 2 is 2.43 bits per heavy atom. The predicted octanol–water partition coefficient (Wildman–Crippen LogP) is 0.753. The van der Waals surface area contributed by atoms with Crippen molar-refractivity contribution in [3.05, 3.63) is 0 Å². The second kappa shape index (κ2) is 6.68. The van der Waals surface area contributed by atoms with Crippen LogP contribution in [-0.4, -0.2) is 26.1 Å². The molecule has 0 heterocycles. The van der Waals surface area contributed by atoms with Crippen molar-refractivity contribution in [2.45, 2.75) is 12.5 Å². The molecule has 0 aromatic rings. The van der Waals surface area contributed by atoms with Crippen molar-refractivity contribution in [2.24, 2.45) is 0 Å². The molecule has 0 bridgehead atoms. The highest BCUT2D eigenvalue weighted by atomic mass is 35.5. The van der Waals surface area contributed by atoms with E-state index < -0.39 is 0 Å².